The Balaban J connectivity index is 1.53. The van der Waals surface area contributed by atoms with Gasteiger partial charge < -0.3 is 10.6 Å². The number of aryl methyl sites for hydroxylation is 2. The number of nitrogens with zero attached hydrogens (tertiary/aromatic N) is 1. The van der Waals surface area contributed by atoms with E-state index in [1.54, 1.807) is 6.07 Å². The van der Waals surface area contributed by atoms with E-state index in [1.807, 2.05) is 43.3 Å². The van der Waals surface area contributed by atoms with Crippen molar-refractivity contribution in [3.8, 4) is 0 Å². The summed E-state index contributed by atoms with van der Waals surface area (Å²) in [6.07, 6.45) is 1.24. The number of carbonyl (C=O) groups is 3. The minimum Gasteiger partial charge on any atom is -0.324 e. The van der Waals surface area contributed by atoms with Gasteiger partial charge in [0.25, 0.3) is 5.91 Å². The lowest BCUT2D eigenvalue weighted by molar-refractivity contribution is -0.134. The van der Waals surface area contributed by atoms with E-state index in [-0.39, 0.29) is 12.5 Å². The number of fused-ring (bicyclic) bond motifs is 2. The molecular weight excluding hydrogens is 410 g/mol. The van der Waals surface area contributed by atoms with Gasteiger partial charge in [0.2, 0.25) is 5.91 Å². The smallest absolute Gasteiger partial charge is 0.324 e. The molecule has 0 radical (unpaired) electrons. The van der Waals surface area contributed by atoms with Gasteiger partial charge in [-0.1, -0.05) is 40.2 Å². The quantitative estimate of drug-likeness (QED) is 0.738. The van der Waals surface area contributed by atoms with Crippen LogP contribution in [0.25, 0.3) is 0 Å². The molecular formula is C20H18BrN3O3. The molecule has 4 rings (SSSR count). The molecule has 1 atom stereocenters. The summed E-state index contributed by atoms with van der Waals surface area (Å²) in [4.78, 5) is 39.0. The Bertz CT molecular complexity index is 975. The van der Waals surface area contributed by atoms with E-state index in [1.165, 1.54) is 0 Å². The number of hydrogen-bond donors (Lipinski definition) is 2. The summed E-state index contributed by atoms with van der Waals surface area (Å²) in [6, 6.07) is 12.6. The van der Waals surface area contributed by atoms with Crippen LogP contribution in [-0.4, -0.2) is 29.3 Å². The van der Waals surface area contributed by atoms with Crippen LogP contribution in [0.2, 0.25) is 0 Å². The average molecular weight is 428 g/mol. The van der Waals surface area contributed by atoms with E-state index < -0.39 is 17.5 Å². The van der Waals surface area contributed by atoms with Gasteiger partial charge in [-0.15, -0.1) is 0 Å². The fraction of sp³-hybridized carbons (Fsp3) is 0.250. The van der Waals surface area contributed by atoms with Crippen molar-refractivity contribution in [2.24, 2.45) is 0 Å². The van der Waals surface area contributed by atoms with Crippen molar-refractivity contribution in [1.82, 2.24) is 10.2 Å². The molecule has 6 nitrogen and oxygen atoms in total. The van der Waals surface area contributed by atoms with Crippen LogP contribution in [0.5, 0.6) is 0 Å². The number of amides is 4. The summed E-state index contributed by atoms with van der Waals surface area (Å²) in [7, 11) is 0. The highest BCUT2D eigenvalue weighted by Gasteiger charge is 2.55. The van der Waals surface area contributed by atoms with Crippen molar-refractivity contribution in [2.45, 2.75) is 25.3 Å². The third-order valence-corrected chi connectivity index (χ3v) is 5.68. The van der Waals surface area contributed by atoms with Gasteiger partial charge in [0, 0.05) is 10.2 Å². The van der Waals surface area contributed by atoms with E-state index in [4.69, 9.17) is 0 Å². The zero-order valence-corrected chi connectivity index (χ0v) is 16.3. The molecule has 0 saturated carbocycles. The topological polar surface area (TPSA) is 78.5 Å². The molecule has 0 aromatic heterocycles. The van der Waals surface area contributed by atoms with E-state index in [0.29, 0.717) is 12.1 Å². The number of urea groups is 1. The van der Waals surface area contributed by atoms with Gasteiger partial charge in [-0.05, 0) is 54.7 Å². The zero-order chi connectivity index (χ0) is 19.2. The summed E-state index contributed by atoms with van der Waals surface area (Å²) in [5, 5.41) is 5.59. The number of carbonyl (C=O) groups excluding carboxylic acids is 3. The van der Waals surface area contributed by atoms with Gasteiger partial charge >= 0.3 is 6.03 Å². The summed E-state index contributed by atoms with van der Waals surface area (Å²) >= 11 is 3.38. The van der Waals surface area contributed by atoms with Crippen LogP contribution in [0.1, 0.15) is 23.1 Å². The number of anilines is 1. The number of benzene rings is 2. The second-order valence-electron chi connectivity index (χ2n) is 6.89. The van der Waals surface area contributed by atoms with E-state index in [2.05, 4.69) is 26.6 Å². The fourth-order valence-electron chi connectivity index (χ4n) is 3.83. The van der Waals surface area contributed by atoms with Crippen LogP contribution in [0.4, 0.5) is 10.5 Å². The Kier molecular flexibility index (Phi) is 4.26. The molecule has 1 fully saturated rings. The van der Waals surface area contributed by atoms with E-state index in [9.17, 15) is 14.4 Å². The van der Waals surface area contributed by atoms with Gasteiger partial charge in [0.05, 0.1) is 0 Å². The second-order valence-corrected chi connectivity index (χ2v) is 7.81. The molecule has 1 heterocycles. The van der Waals surface area contributed by atoms with Crippen LogP contribution >= 0.6 is 15.9 Å². The Morgan fingerprint density at radius 1 is 1.26 bits per heavy atom. The van der Waals surface area contributed by atoms with Crippen LogP contribution < -0.4 is 10.6 Å². The molecule has 0 unspecified atom stereocenters. The van der Waals surface area contributed by atoms with Gasteiger partial charge in [-0.2, -0.15) is 0 Å². The average Bonchev–Trinajstić information content (AvgIpc) is 3.11. The highest BCUT2D eigenvalue weighted by molar-refractivity contribution is 9.10. The first-order chi connectivity index (χ1) is 12.9. The second kappa shape index (κ2) is 6.49. The highest BCUT2D eigenvalue weighted by atomic mass is 79.9. The van der Waals surface area contributed by atoms with Gasteiger partial charge in [0.1, 0.15) is 12.1 Å². The van der Waals surface area contributed by atoms with Crippen LogP contribution in [0, 0.1) is 6.92 Å². The largest absolute Gasteiger partial charge is 0.325 e. The maximum Gasteiger partial charge on any atom is 0.325 e. The monoisotopic (exact) mass is 427 g/mol. The van der Waals surface area contributed by atoms with Crippen LogP contribution in [0.3, 0.4) is 0 Å². The van der Waals surface area contributed by atoms with Crippen LogP contribution in [-0.2, 0) is 21.5 Å². The highest BCUT2D eigenvalue weighted by Crippen LogP contribution is 2.41. The van der Waals surface area contributed by atoms with Crippen molar-refractivity contribution in [3.63, 3.8) is 0 Å². The Morgan fingerprint density at radius 3 is 2.81 bits per heavy atom. The van der Waals surface area contributed by atoms with Crippen molar-refractivity contribution in [1.29, 1.82) is 0 Å². The minimum absolute atomic E-state index is 0.315. The predicted octanol–water partition coefficient (Wildman–Crippen LogP) is 3.09. The first-order valence-electron chi connectivity index (χ1n) is 8.69. The van der Waals surface area contributed by atoms with Crippen molar-refractivity contribution < 1.29 is 14.4 Å². The van der Waals surface area contributed by atoms with Gasteiger partial charge in [-0.25, -0.2) is 4.79 Å². The summed E-state index contributed by atoms with van der Waals surface area (Å²) in [5.41, 5.74) is 2.38. The minimum atomic E-state index is -1.04. The predicted molar refractivity (Wildman–Crippen MR) is 104 cm³/mol. The molecule has 138 valence electrons. The van der Waals surface area contributed by atoms with Crippen molar-refractivity contribution in [3.05, 3.63) is 63.6 Å². The van der Waals surface area contributed by atoms with Crippen LogP contribution in [0.15, 0.2) is 46.9 Å². The molecule has 2 aliphatic rings. The molecule has 2 aromatic rings. The van der Waals surface area contributed by atoms with Gasteiger partial charge in [-0.3, -0.25) is 14.5 Å². The normalized spacial score (nSPS) is 20.7. The number of hydrogen-bond acceptors (Lipinski definition) is 3. The third-order valence-electron chi connectivity index (χ3n) is 5.19. The lowest BCUT2D eigenvalue weighted by atomic mass is 9.92. The lowest BCUT2D eigenvalue weighted by Crippen LogP contribution is -2.43. The standard InChI is InChI=1S/C20H18BrN3O3/c1-12-10-14(21)6-7-16(12)22-17(25)11-24-18(26)20(23-19(24)27)9-8-13-4-2-3-5-15(13)20/h2-7,10H,8-9,11H2,1H3,(H,22,25)(H,23,27)/t20-/m1/s1. The number of imide groups is 1. The number of nitrogens with one attached hydrogen (secondary N) is 2. The Morgan fingerprint density at radius 2 is 2.04 bits per heavy atom. The molecule has 7 heteroatoms. The number of halogens is 1. The first kappa shape index (κ1) is 17.7. The summed E-state index contributed by atoms with van der Waals surface area (Å²) in [6.45, 7) is 1.56. The first-order valence-corrected chi connectivity index (χ1v) is 9.48. The zero-order valence-electron chi connectivity index (χ0n) is 14.7. The van der Waals surface area contributed by atoms with E-state index >= 15 is 0 Å². The van der Waals surface area contributed by atoms with E-state index in [0.717, 1.165) is 32.5 Å². The van der Waals surface area contributed by atoms with Crippen molar-refractivity contribution >= 4 is 39.5 Å². The lowest BCUT2D eigenvalue weighted by Gasteiger charge is -2.22. The molecule has 27 heavy (non-hydrogen) atoms. The Hall–Kier alpha value is -2.67. The number of rotatable bonds is 3. The molecule has 1 aliphatic carbocycles. The Labute approximate surface area is 165 Å². The fourth-order valence-corrected chi connectivity index (χ4v) is 4.31. The molecule has 2 aromatic carbocycles. The summed E-state index contributed by atoms with van der Waals surface area (Å²) in [5.74, 6) is -0.771. The molecule has 1 saturated heterocycles. The summed E-state index contributed by atoms with van der Waals surface area (Å²) < 4.78 is 0.911. The maximum absolute atomic E-state index is 13.1. The molecule has 4 amide bonds. The van der Waals surface area contributed by atoms with Gasteiger partial charge in [0.15, 0.2) is 0 Å². The SMILES string of the molecule is Cc1cc(Br)ccc1NC(=O)CN1C(=O)N[C@@]2(CCc3ccccc32)C1=O. The van der Waals surface area contributed by atoms with Crippen molar-refractivity contribution in [2.75, 3.05) is 11.9 Å². The molecule has 0 bridgehead atoms. The molecule has 1 spiro atoms. The maximum atomic E-state index is 13.1. The molecule has 2 N–H and O–H groups in total. The third kappa shape index (κ3) is 2.92. The molecule has 1 aliphatic heterocycles.